The molecule has 21 heteroatoms. The van der Waals surface area contributed by atoms with Crippen molar-refractivity contribution in [3.8, 4) is 0 Å². The van der Waals surface area contributed by atoms with Crippen LogP contribution in [0.3, 0.4) is 0 Å². The minimum atomic E-state index is -2.33. The molecule has 0 radical (unpaired) electrons. The monoisotopic (exact) mass is 1130 g/mol. The Kier molecular flexibility index (Phi) is 28.8. The Labute approximate surface area is 468 Å². The number of carboxylic acids is 1. The van der Waals surface area contributed by atoms with E-state index in [0.29, 0.717) is 12.0 Å². The first-order valence-electron chi connectivity index (χ1n) is 27.6. The maximum Gasteiger partial charge on any atom is 0.311 e. The lowest BCUT2D eigenvalue weighted by Crippen LogP contribution is -2.61. The SMILES string of the molecule is CNc1ccc(C(=O)CC(O)CCC(C)C2OC(=O)CC(O)CC(O)CC(O)CC(O)CC(O)CC(O)CC3(O)CC(O)C(C(=O)O)C(CC(OC4OC(C)C(O)C(N)C4O)C=CC=CC=CC=CC=CC=CC=CC2C)O3)cc1. The molecule has 3 heterocycles. The fraction of sp³-hybridized carbons (Fsp3) is 0.610. The molecule has 20 unspecified atom stereocenters. The van der Waals surface area contributed by atoms with Crippen LogP contribution in [0.5, 0.6) is 0 Å². The smallest absolute Gasteiger partial charge is 0.311 e. The number of aliphatic hydroxyl groups is 11. The number of carbonyl (C=O) groups is 3. The van der Waals surface area contributed by atoms with Crippen molar-refractivity contribution in [2.45, 2.75) is 201 Å². The Morgan fingerprint density at radius 2 is 1.23 bits per heavy atom. The van der Waals surface area contributed by atoms with Crippen LogP contribution in [0.4, 0.5) is 5.69 Å². The summed E-state index contributed by atoms with van der Waals surface area (Å²) in [4.78, 5) is 38.8. The number of hydrogen-bond acceptors (Lipinski definition) is 20. The van der Waals surface area contributed by atoms with E-state index in [1.54, 1.807) is 104 Å². The molecule has 21 nitrogen and oxygen atoms in total. The fourth-order valence-electron chi connectivity index (χ4n) is 10.2. The molecule has 0 saturated carbocycles. The second-order valence-corrected chi connectivity index (χ2v) is 21.6. The van der Waals surface area contributed by atoms with Gasteiger partial charge in [0.2, 0.25) is 0 Å². The molecule has 0 amide bonds. The molecule has 3 aliphatic rings. The molecule has 0 aromatic heterocycles. The number of cyclic esters (lactones) is 1. The highest BCUT2D eigenvalue weighted by Crippen LogP contribution is 2.38. The number of ketones is 1. The summed E-state index contributed by atoms with van der Waals surface area (Å²) in [6.45, 7) is 5.25. The van der Waals surface area contributed by atoms with E-state index >= 15 is 0 Å². The molecule has 1 aromatic carbocycles. The van der Waals surface area contributed by atoms with E-state index in [-0.39, 0.29) is 62.6 Å². The van der Waals surface area contributed by atoms with Crippen LogP contribution in [0.2, 0.25) is 0 Å². The van der Waals surface area contributed by atoms with E-state index in [4.69, 9.17) is 24.7 Å². The van der Waals surface area contributed by atoms with E-state index in [9.17, 15) is 75.7 Å². The van der Waals surface area contributed by atoms with Crippen LogP contribution in [0.1, 0.15) is 108 Å². The Balaban J connectivity index is 1.53. The molecule has 0 spiro atoms. The Bertz CT molecular complexity index is 2250. The van der Waals surface area contributed by atoms with Crippen LogP contribution in [-0.2, 0) is 28.5 Å². The number of esters is 1. The lowest BCUT2D eigenvalue weighted by molar-refractivity contribution is -0.308. The summed E-state index contributed by atoms with van der Waals surface area (Å²) >= 11 is 0. The first-order valence-corrected chi connectivity index (χ1v) is 27.6. The lowest BCUT2D eigenvalue weighted by Gasteiger charge is -2.45. The van der Waals surface area contributed by atoms with Gasteiger partial charge in [-0.3, -0.25) is 14.4 Å². The molecule has 448 valence electrons. The standard InChI is InChI=1S/C59H88N2O19/c1-35-17-15-13-11-9-7-5-6-8-10-12-14-16-18-47(78-58-55(73)53(60)54(72)37(3)77-58)32-50-52(57(74)75)49(70)34-59(76,80-50)33-46(68)29-44(66)27-42(64)25-41(63)26-43(65)28-45(67)31-51(71)79-56(35)36(2)19-24-40(62)30-48(69)38-20-22-39(61-4)23-21-38/h5-18,20-23,35-37,40-47,49-50,52-56,58,61-68,70,72-73,76H,19,24-34,60H2,1-4H3,(H,74,75). The number of ether oxygens (including phenoxy) is 4. The topological polar surface area (TPSA) is 369 Å². The molecule has 2 fully saturated rings. The largest absolute Gasteiger partial charge is 0.481 e. The second-order valence-electron chi connectivity index (χ2n) is 21.6. The quantitative estimate of drug-likeness (QED) is 0.112. The molecule has 2 bridgehead atoms. The fourth-order valence-corrected chi connectivity index (χ4v) is 10.2. The van der Waals surface area contributed by atoms with Crippen molar-refractivity contribution in [3.63, 3.8) is 0 Å². The van der Waals surface area contributed by atoms with E-state index in [2.05, 4.69) is 5.32 Å². The van der Waals surface area contributed by atoms with Crippen LogP contribution in [0.15, 0.2) is 109 Å². The predicted octanol–water partition coefficient (Wildman–Crippen LogP) is 2.54. The zero-order valence-electron chi connectivity index (χ0n) is 46.1. The molecular formula is C59H88N2O19. The van der Waals surface area contributed by atoms with E-state index in [0.717, 1.165) is 5.69 Å². The average molecular weight is 1130 g/mol. The molecule has 2 saturated heterocycles. The summed E-state index contributed by atoms with van der Waals surface area (Å²) in [6, 6.07) is 5.76. The third kappa shape index (κ3) is 23.2. The third-order valence-corrected chi connectivity index (χ3v) is 14.5. The van der Waals surface area contributed by atoms with Crippen molar-refractivity contribution in [1.29, 1.82) is 0 Å². The van der Waals surface area contributed by atoms with Crippen molar-refractivity contribution in [2.24, 2.45) is 23.5 Å². The van der Waals surface area contributed by atoms with Crippen molar-refractivity contribution in [3.05, 3.63) is 115 Å². The van der Waals surface area contributed by atoms with Gasteiger partial charge >= 0.3 is 11.9 Å². The van der Waals surface area contributed by atoms with Gasteiger partial charge in [-0.15, -0.1) is 0 Å². The number of Topliss-reactive ketones (excluding diaryl/α,β-unsaturated/α-hetero) is 1. The third-order valence-electron chi connectivity index (χ3n) is 14.5. The van der Waals surface area contributed by atoms with Gasteiger partial charge in [0, 0.05) is 49.9 Å². The Hall–Kier alpha value is -4.79. The van der Waals surface area contributed by atoms with Crippen molar-refractivity contribution < 1.29 is 94.6 Å². The number of nitrogens with two attached hydrogens (primary N) is 1. The van der Waals surface area contributed by atoms with Gasteiger partial charge in [0.1, 0.15) is 18.1 Å². The summed E-state index contributed by atoms with van der Waals surface area (Å²) in [5.41, 5.74) is 7.36. The van der Waals surface area contributed by atoms with Gasteiger partial charge in [0.15, 0.2) is 17.9 Å². The van der Waals surface area contributed by atoms with Crippen LogP contribution >= 0.6 is 0 Å². The van der Waals surface area contributed by atoms with E-state index in [1.807, 2.05) is 19.9 Å². The number of carbonyl (C=O) groups excluding carboxylic acids is 2. The number of anilines is 1. The first-order chi connectivity index (χ1) is 37.9. The number of fused-ring (bicyclic) bond motifs is 2. The molecule has 1 aromatic rings. The van der Waals surface area contributed by atoms with Crippen LogP contribution in [-0.4, -0.2) is 190 Å². The number of allylic oxidation sites excluding steroid dienone is 12. The van der Waals surface area contributed by atoms with E-state index < -0.39 is 147 Å². The minimum absolute atomic E-state index is 0.0974. The van der Waals surface area contributed by atoms with Gasteiger partial charge in [-0.2, -0.15) is 0 Å². The second kappa shape index (κ2) is 34.0. The summed E-state index contributed by atoms with van der Waals surface area (Å²) in [5.74, 6) is -7.02. The highest BCUT2D eigenvalue weighted by atomic mass is 16.7. The molecule has 3 aliphatic heterocycles. The number of nitrogens with one attached hydrogen (secondary N) is 1. The Morgan fingerprint density at radius 3 is 1.76 bits per heavy atom. The van der Waals surface area contributed by atoms with Crippen molar-refractivity contribution in [1.82, 2.24) is 0 Å². The van der Waals surface area contributed by atoms with E-state index in [1.165, 1.54) is 13.0 Å². The molecule has 4 rings (SSSR count). The zero-order chi connectivity index (χ0) is 59.1. The van der Waals surface area contributed by atoms with Gasteiger partial charge in [-0.25, -0.2) is 0 Å². The maximum absolute atomic E-state index is 13.4. The van der Waals surface area contributed by atoms with Crippen LogP contribution in [0.25, 0.3) is 0 Å². The van der Waals surface area contributed by atoms with Crippen LogP contribution in [0, 0.1) is 17.8 Å². The summed E-state index contributed by atoms with van der Waals surface area (Å²) in [5, 5.41) is 133. The number of aliphatic carboxylic acids is 1. The first kappa shape index (κ1) is 67.7. The van der Waals surface area contributed by atoms with Crippen molar-refractivity contribution in [2.75, 3.05) is 12.4 Å². The molecule has 20 atom stereocenters. The Morgan fingerprint density at radius 1 is 0.713 bits per heavy atom. The number of hydrogen-bond donors (Lipinski definition) is 14. The van der Waals surface area contributed by atoms with Gasteiger partial charge < -0.3 is 91.3 Å². The summed E-state index contributed by atoms with van der Waals surface area (Å²) in [7, 11) is 1.77. The van der Waals surface area contributed by atoms with Gasteiger partial charge in [0.25, 0.3) is 0 Å². The normalized spacial score (nSPS) is 36.1. The molecule has 0 aliphatic carbocycles. The summed E-state index contributed by atoms with van der Waals surface area (Å²) in [6.07, 6.45) is 1.59. The molecule has 15 N–H and O–H groups in total. The lowest BCUT2D eigenvalue weighted by atomic mass is 9.82. The average Bonchev–Trinajstić information content (AvgIpc) is 3.48. The minimum Gasteiger partial charge on any atom is -0.481 e. The van der Waals surface area contributed by atoms with Crippen LogP contribution < -0.4 is 11.1 Å². The molecule has 80 heavy (non-hydrogen) atoms. The summed E-state index contributed by atoms with van der Waals surface area (Å²) < 4.78 is 23.7. The van der Waals surface area contributed by atoms with Gasteiger partial charge in [-0.05, 0) is 82.1 Å². The van der Waals surface area contributed by atoms with Gasteiger partial charge in [-0.1, -0.05) is 98.9 Å². The highest BCUT2D eigenvalue weighted by molar-refractivity contribution is 5.96. The number of benzene rings is 1. The number of carboxylic acid groups (broad SMARTS) is 1. The zero-order valence-corrected chi connectivity index (χ0v) is 46.1. The number of rotatable bonds is 11. The molecular weight excluding hydrogens is 1040 g/mol. The van der Waals surface area contributed by atoms with Gasteiger partial charge in [0.05, 0.1) is 85.7 Å². The van der Waals surface area contributed by atoms with Crippen molar-refractivity contribution >= 4 is 23.4 Å². The highest BCUT2D eigenvalue weighted by Gasteiger charge is 2.51. The predicted molar refractivity (Wildman–Crippen MR) is 296 cm³/mol. The maximum atomic E-state index is 13.4. The number of aliphatic hydroxyl groups excluding tert-OH is 10.